The van der Waals surface area contributed by atoms with E-state index in [9.17, 15) is 8.42 Å². The molecule has 1 aliphatic heterocycles. The zero-order valence-electron chi connectivity index (χ0n) is 17.0. The second-order valence-corrected chi connectivity index (χ2v) is 9.12. The normalized spacial score (nSPS) is 13.5. The van der Waals surface area contributed by atoms with Gasteiger partial charge in [0.2, 0.25) is 10.0 Å². The van der Waals surface area contributed by atoms with Crippen molar-refractivity contribution in [3.8, 4) is 11.4 Å². The zero-order chi connectivity index (χ0) is 21.6. The third-order valence-electron chi connectivity index (χ3n) is 5.66. The fourth-order valence-electron chi connectivity index (χ4n) is 4.16. The van der Waals surface area contributed by atoms with E-state index in [-0.39, 0.29) is 4.90 Å². The third kappa shape index (κ3) is 3.54. The molecule has 31 heavy (non-hydrogen) atoms. The van der Waals surface area contributed by atoms with Crippen molar-refractivity contribution in [2.24, 2.45) is 5.14 Å². The van der Waals surface area contributed by atoms with Gasteiger partial charge in [-0.2, -0.15) is 0 Å². The van der Waals surface area contributed by atoms with Crippen molar-refractivity contribution < 1.29 is 13.2 Å². The van der Waals surface area contributed by atoms with Gasteiger partial charge in [-0.05, 0) is 66.6 Å². The van der Waals surface area contributed by atoms with Gasteiger partial charge in [0.1, 0.15) is 11.6 Å². The number of ether oxygens (including phenoxy) is 1. The van der Waals surface area contributed by atoms with Crippen LogP contribution in [0.1, 0.15) is 11.4 Å². The molecule has 0 radical (unpaired) electrons. The summed E-state index contributed by atoms with van der Waals surface area (Å²) < 4.78 is 30.8. The van der Waals surface area contributed by atoms with Crippen LogP contribution in [0, 0.1) is 0 Å². The van der Waals surface area contributed by atoms with E-state index in [0.717, 1.165) is 52.5 Å². The molecular weight excluding hydrogens is 412 g/mol. The Morgan fingerprint density at radius 1 is 1.06 bits per heavy atom. The summed E-state index contributed by atoms with van der Waals surface area (Å²) in [6.07, 6.45) is 0.765. The number of rotatable bonds is 5. The largest absolute Gasteiger partial charge is 0.497 e. The Bertz CT molecular complexity index is 1380. The predicted molar refractivity (Wildman–Crippen MR) is 120 cm³/mol. The van der Waals surface area contributed by atoms with Gasteiger partial charge in [-0.15, -0.1) is 0 Å². The summed E-state index contributed by atoms with van der Waals surface area (Å²) in [6.45, 7) is 1.39. The van der Waals surface area contributed by atoms with Gasteiger partial charge in [0.25, 0.3) is 0 Å². The highest BCUT2D eigenvalue weighted by atomic mass is 32.2. The molecule has 2 N–H and O–H groups in total. The van der Waals surface area contributed by atoms with E-state index in [0.29, 0.717) is 6.54 Å². The molecule has 0 aliphatic carbocycles. The van der Waals surface area contributed by atoms with Gasteiger partial charge in [0.05, 0.1) is 29.6 Å². The molecule has 0 spiro atoms. The van der Waals surface area contributed by atoms with Gasteiger partial charge >= 0.3 is 0 Å². The van der Waals surface area contributed by atoms with Crippen LogP contribution in [-0.4, -0.2) is 31.6 Å². The molecule has 0 unspecified atom stereocenters. The molecule has 0 saturated heterocycles. The Balaban J connectivity index is 1.55. The lowest BCUT2D eigenvalue weighted by Gasteiger charge is -2.20. The van der Waals surface area contributed by atoms with Crippen molar-refractivity contribution in [1.29, 1.82) is 0 Å². The minimum atomic E-state index is -3.71. The van der Waals surface area contributed by atoms with Crippen molar-refractivity contribution >= 4 is 26.7 Å². The lowest BCUT2D eigenvalue weighted by atomic mass is 10.2. The van der Waals surface area contributed by atoms with Crippen LogP contribution in [0.5, 0.6) is 5.75 Å². The number of primary sulfonamides is 1. The minimum Gasteiger partial charge on any atom is -0.497 e. The number of nitrogens with zero attached hydrogens (tertiary/aromatic N) is 3. The van der Waals surface area contributed by atoms with Gasteiger partial charge in [-0.3, -0.25) is 4.57 Å². The number of methoxy groups -OCH3 is 1. The zero-order valence-corrected chi connectivity index (χ0v) is 17.8. The molecule has 7 nitrogen and oxygen atoms in total. The molecule has 1 aromatic heterocycles. The second-order valence-electron chi connectivity index (χ2n) is 7.56. The molecule has 0 bridgehead atoms. The Morgan fingerprint density at radius 3 is 2.58 bits per heavy atom. The molecule has 8 heteroatoms. The highest BCUT2D eigenvalue weighted by Crippen LogP contribution is 2.32. The maximum absolute atomic E-state index is 11.7. The van der Waals surface area contributed by atoms with Crippen LogP contribution in [-0.2, 0) is 23.0 Å². The number of nitrogens with two attached hydrogens (primary N) is 1. The summed E-state index contributed by atoms with van der Waals surface area (Å²) >= 11 is 0. The number of fused-ring (bicyclic) bond motifs is 2. The third-order valence-corrected chi connectivity index (χ3v) is 6.58. The number of aromatic nitrogens is 2. The Labute approximate surface area is 180 Å². The van der Waals surface area contributed by atoms with Gasteiger partial charge in [-0.25, -0.2) is 18.5 Å². The molecule has 4 aromatic rings. The maximum Gasteiger partial charge on any atom is 0.238 e. The van der Waals surface area contributed by atoms with E-state index in [1.165, 1.54) is 0 Å². The summed E-state index contributed by atoms with van der Waals surface area (Å²) in [5.41, 5.74) is 4.97. The van der Waals surface area contributed by atoms with E-state index in [1.54, 1.807) is 19.2 Å². The number of para-hydroxylation sites is 2. The number of imidazole rings is 1. The molecule has 0 saturated carbocycles. The molecule has 1 aliphatic rings. The smallest absolute Gasteiger partial charge is 0.238 e. The fourth-order valence-corrected chi connectivity index (χ4v) is 4.72. The topological polar surface area (TPSA) is 90.5 Å². The number of hydrogen-bond acceptors (Lipinski definition) is 5. The molecule has 0 fully saturated rings. The summed E-state index contributed by atoms with van der Waals surface area (Å²) in [5, 5.41) is 5.29. The van der Waals surface area contributed by atoms with Crippen LogP contribution in [0.25, 0.3) is 16.7 Å². The average Bonchev–Trinajstić information content (AvgIpc) is 3.34. The maximum atomic E-state index is 11.7. The number of hydrogen-bond donors (Lipinski definition) is 1. The Hall–Kier alpha value is -3.36. The van der Waals surface area contributed by atoms with Gasteiger partial charge < -0.3 is 9.64 Å². The van der Waals surface area contributed by atoms with Gasteiger partial charge in [0.15, 0.2) is 0 Å². The quantitative estimate of drug-likeness (QED) is 0.521. The second kappa shape index (κ2) is 7.40. The molecule has 5 rings (SSSR count). The average molecular weight is 435 g/mol. The molecule has 0 amide bonds. The van der Waals surface area contributed by atoms with Gasteiger partial charge in [0, 0.05) is 17.9 Å². The van der Waals surface area contributed by atoms with E-state index >= 15 is 0 Å². The Morgan fingerprint density at radius 2 is 1.84 bits per heavy atom. The van der Waals surface area contributed by atoms with Crippen molar-refractivity contribution in [2.75, 3.05) is 18.6 Å². The molecular formula is C23H22N4O3S. The highest BCUT2D eigenvalue weighted by Gasteiger charge is 2.24. The highest BCUT2D eigenvalue weighted by molar-refractivity contribution is 7.89. The molecule has 0 atom stereocenters. The fraction of sp³-hybridized carbons (Fsp3) is 0.174. The van der Waals surface area contributed by atoms with E-state index in [2.05, 4.69) is 15.5 Å². The van der Waals surface area contributed by atoms with Crippen LogP contribution >= 0.6 is 0 Å². The number of sulfonamides is 1. The van der Waals surface area contributed by atoms with Crippen LogP contribution < -0.4 is 14.8 Å². The standard InChI is InChI=1S/C23H22N4O3S/c1-30-18-8-6-17(7-9-18)27-22-5-3-2-4-20(22)25-23(27)15-26-13-12-16-14-19(31(24,28)29)10-11-21(16)26/h2-11,14H,12-13,15H2,1H3,(H2,24,28,29). The van der Waals surface area contributed by atoms with Crippen LogP contribution in [0.2, 0.25) is 0 Å². The summed E-state index contributed by atoms with van der Waals surface area (Å²) in [6, 6.07) is 21.1. The van der Waals surface area contributed by atoms with Crippen LogP contribution in [0.3, 0.4) is 0 Å². The summed E-state index contributed by atoms with van der Waals surface area (Å²) in [4.78, 5) is 7.28. The van der Waals surface area contributed by atoms with Crippen molar-refractivity contribution in [1.82, 2.24) is 9.55 Å². The van der Waals surface area contributed by atoms with Crippen molar-refractivity contribution in [3.63, 3.8) is 0 Å². The SMILES string of the molecule is COc1ccc(-n2c(CN3CCc4cc(S(N)(=O)=O)ccc43)nc3ccccc32)cc1. The first-order valence-electron chi connectivity index (χ1n) is 9.95. The first-order valence-corrected chi connectivity index (χ1v) is 11.5. The molecule has 3 aromatic carbocycles. The lowest BCUT2D eigenvalue weighted by Crippen LogP contribution is -2.22. The van der Waals surface area contributed by atoms with E-state index < -0.39 is 10.0 Å². The first kappa shape index (κ1) is 19.6. The monoisotopic (exact) mass is 434 g/mol. The van der Waals surface area contributed by atoms with Crippen molar-refractivity contribution in [3.05, 3.63) is 78.1 Å². The van der Waals surface area contributed by atoms with E-state index in [4.69, 9.17) is 14.9 Å². The van der Waals surface area contributed by atoms with Gasteiger partial charge in [-0.1, -0.05) is 12.1 Å². The summed E-state index contributed by atoms with van der Waals surface area (Å²) in [7, 11) is -2.06. The first-order chi connectivity index (χ1) is 14.9. The van der Waals surface area contributed by atoms with Crippen LogP contribution in [0.15, 0.2) is 71.6 Å². The van der Waals surface area contributed by atoms with E-state index in [1.807, 2.05) is 48.5 Å². The van der Waals surface area contributed by atoms with Crippen molar-refractivity contribution in [2.45, 2.75) is 17.9 Å². The lowest BCUT2D eigenvalue weighted by molar-refractivity contribution is 0.414. The minimum absolute atomic E-state index is 0.151. The Kier molecular flexibility index (Phi) is 4.68. The molecule has 158 valence electrons. The van der Waals surface area contributed by atoms with Crippen LogP contribution in [0.4, 0.5) is 5.69 Å². The molecule has 2 heterocycles. The number of anilines is 1. The number of benzene rings is 3. The predicted octanol–water partition coefficient (Wildman–Crippen LogP) is 3.24. The summed E-state index contributed by atoms with van der Waals surface area (Å²) in [5.74, 6) is 1.71.